The van der Waals surface area contributed by atoms with Crippen LogP contribution in [0.25, 0.3) is 0 Å². The minimum absolute atomic E-state index is 0.0246. The molecule has 1 unspecified atom stereocenters. The number of rotatable bonds is 5. The van der Waals surface area contributed by atoms with E-state index in [0.717, 1.165) is 0 Å². The summed E-state index contributed by atoms with van der Waals surface area (Å²) < 4.78 is 15.9. The average molecular weight is 317 g/mol. The van der Waals surface area contributed by atoms with Crippen LogP contribution in [0.15, 0.2) is 46.9 Å². The van der Waals surface area contributed by atoms with E-state index in [1.807, 2.05) is 18.2 Å². The highest BCUT2D eigenvalue weighted by molar-refractivity contribution is 5.96. The van der Waals surface area contributed by atoms with E-state index >= 15 is 0 Å². The highest BCUT2D eigenvalue weighted by atomic mass is 16.6. The lowest BCUT2D eigenvalue weighted by Gasteiger charge is -2.22. The summed E-state index contributed by atoms with van der Waals surface area (Å²) >= 11 is 0. The molecule has 1 amide bonds. The Kier molecular flexibility index (Phi) is 4.03. The van der Waals surface area contributed by atoms with Crippen molar-refractivity contribution in [1.82, 2.24) is 5.32 Å². The van der Waals surface area contributed by atoms with Crippen LogP contribution in [0.1, 0.15) is 17.0 Å². The molecule has 1 atom stereocenters. The number of carbonyl (C=O) groups is 2. The van der Waals surface area contributed by atoms with Crippen LogP contribution < -0.4 is 10.1 Å². The predicted octanol–water partition coefficient (Wildman–Crippen LogP) is 2.05. The maximum Gasteiger partial charge on any atom is 0.331 e. The van der Waals surface area contributed by atoms with E-state index in [1.54, 1.807) is 12.1 Å². The number of carboxylic acid groups (broad SMARTS) is 1. The van der Waals surface area contributed by atoms with Crippen LogP contribution in [0.2, 0.25) is 0 Å². The van der Waals surface area contributed by atoms with Crippen molar-refractivity contribution in [2.45, 2.75) is 12.0 Å². The Morgan fingerprint density at radius 3 is 2.61 bits per heavy atom. The standard InChI is InChI=1S/C16H15NO6/c18-14(17-16(15(19)20)8-9-21-10-16)12-6-7-13(23-12)22-11-4-2-1-3-5-11/h1-7H,8-10H2,(H,17,18)(H,19,20). The molecule has 1 aliphatic heterocycles. The van der Waals surface area contributed by atoms with Crippen molar-refractivity contribution >= 4 is 11.9 Å². The topological polar surface area (TPSA) is 98.0 Å². The first-order valence-electron chi connectivity index (χ1n) is 7.05. The molecule has 7 heteroatoms. The SMILES string of the molecule is O=C(NC1(C(=O)O)CCOC1)c1ccc(Oc2ccccc2)o1. The van der Waals surface area contributed by atoms with Gasteiger partial charge < -0.3 is 24.3 Å². The number of hydrogen-bond donors (Lipinski definition) is 2. The third kappa shape index (κ3) is 3.19. The molecule has 7 nitrogen and oxygen atoms in total. The summed E-state index contributed by atoms with van der Waals surface area (Å²) in [4.78, 5) is 23.6. The van der Waals surface area contributed by atoms with E-state index in [4.69, 9.17) is 13.9 Å². The van der Waals surface area contributed by atoms with Crippen molar-refractivity contribution in [2.24, 2.45) is 0 Å². The average Bonchev–Trinajstić information content (AvgIpc) is 3.18. The van der Waals surface area contributed by atoms with Gasteiger partial charge in [-0.2, -0.15) is 0 Å². The first kappa shape index (κ1) is 15.1. The van der Waals surface area contributed by atoms with Crippen LogP contribution in [0, 0.1) is 0 Å². The van der Waals surface area contributed by atoms with Crippen LogP contribution in [-0.2, 0) is 9.53 Å². The van der Waals surface area contributed by atoms with Gasteiger partial charge in [-0.15, -0.1) is 0 Å². The van der Waals surface area contributed by atoms with Gasteiger partial charge in [-0.3, -0.25) is 4.79 Å². The Bertz CT molecular complexity index is 702. The second-order valence-electron chi connectivity index (χ2n) is 5.18. The molecule has 1 aromatic heterocycles. The van der Waals surface area contributed by atoms with Gasteiger partial charge in [-0.1, -0.05) is 18.2 Å². The summed E-state index contributed by atoms with van der Waals surface area (Å²) in [5.41, 5.74) is -1.41. The summed E-state index contributed by atoms with van der Waals surface area (Å²) in [6, 6.07) is 11.9. The number of aliphatic carboxylic acids is 1. The third-order valence-electron chi connectivity index (χ3n) is 3.55. The van der Waals surface area contributed by atoms with Gasteiger partial charge in [0.25, 0.3) is 11.9 Å². The number of carbonyl (C=O) groups excluding carboxylic acids is 1. The van der Waals surface area contributed by atoms with E-state index in [2.05, 4.69) is 5.32 Å². The van der Waals surface area contributed by atoms with Gasteiger partial charge in [0.05, 0.1) is 6.61 Å². The Labute approximate surface area is 131 Å². The summed E-state index contributed by atoms with van der Waals surface area (Å²) in [7, 11) is 0. The normalized spacial score (nSPS) is 20.2. The number of hydrogen-bond acceptors (Lipinski definition) is 5. The second-order valence-corrected chi connectivity index (χ2v) is 5.18. The lowest BCUT2D eigenvalue weighted by molar-refractivity contribution is -0.144. The molecule has 0 bridgehead atoms. The van der Waals surface area contributed by atoms with Crippen molar-refractivity contribution < 1.29 is 28.6 Å². The van der Waals surface area contributed by atoms with Gasteiger partial charge in [0, 0.05) is 19.1 Å². The fraction of sp³-hybridized carbons (Fsp3) is 0.250. The molecular formula is C16H15NO6. The summed E-state index contributed by atoms with van der Waals surface area (Å²) in [6.45, 7) is 0.218. The maximum atomic E-state index is 12.2. The van der Waals surface area contributed by atoms with E-state index in [1.165, 1.54) is 12.1 Å². The zero-order valence-corrected chi connectivity index (χ0v) is 12.2. The molecule has 1 aromatic carbocycles. The van der Waals surface area contributed by atoms with Gasteiger partial charge in [0.1, 0.15) is 5.75 Å². The molecule has 0 radical (unpaired) electrons. The van der Waals surface area contributed by atoms with Gasteiger partial charge in [-0.25, -0.2) is 4.79 Å². The summed E-state index contributed by atoms with van der Waals surface area (Å²) in [5.74, 6) is -1.06. The fourth-order valence-electron chi connectivity index (χ4n) is 2.27. The molecule has 3 rings (SSSR count). The molecule has 23 heavy (non-hydrogen) atoms. The molecule has 2 aromatic rings. The molecule has 1 aliphatic rings. The monoisotopic (exact) mass is 317 g/mol. The number of ether oxygens (including phenoxy) is 2. The number of nitrogens with one attached hydrogen (secondary N) is 1. The highest BCUT2D eigenvalue weighted by Gasteiger charge is 2.44. The lowest BCUT2D eigenvalue weighted by Crippen LogP contribution is -2.55. The minimum atomic E-state index is -1.41. The quantitative estimate of drug-likeness (QED) is 0.876. The molecule has 1 fully saturated rings. The summed E-state index contributed by atoms with van der Waals surface area (Å²) in [5, 5.41) is 11.8. The number of benzene rings is 1. The number of amides is 1. The van der Waals surface area contributed by atoms with Crippen molar-refractivity contribution in [2.75, 3.05) is 13.2 Å². The van der Waals surface area contributed by atoms with Crippen LogP contribution in [-0.4, -0.2) is 35.7 Å². The van der Waals surface area contributed by atoms with Crippen molar-refractivity contribution in [3.05, 3.63) is 48.2 Å². The van der Waals surface area contributed by atoms with Crippen LogP contribution in [0.3, 0.4) is 0 Å². The van der Waals surface area contributed by atoms with Crippen LogP contribution in [0.4, 0.5) is 0 Å². The molecule has 0 spiro atoms. The van der Waals surface area contributed by atoms with E-state index in [0.29, 0.717) is 5.75 Å². The molecule has 2 N–H and O–H groups in total. The molecule has 0 saturated carbocycles. The number of para-hydroxylation sites is 1. The fourth-order valence-corrected chi connectivity index (χ4v) is 2.27. The van der Waals surface area contributed by atoms with E-state index in [9.17, 15) is 14.7 Å². The van der Waals surface area contributed by atoms with E-state index in [-0.39, 0.29) is 31.3 Å². The van der Waals surface area contributed by atoms with Gasteiger partial charge in [-0.05, 0) is 18.2 Å². The Morgan fingerprint density at radius 2 is 1.96 bits per heavy atom. The number of furan rings is 1. The summed E-state index contributed by atoms with van der Waals surface area (Å²) in [6.07, 6.45) is 0.210. The zero-order valence-electron chi connectivity index (χ0n) is 12.2. The maximum absolute atomic E-state index is 12.2. The van der Waals surface area contributed by atoms with Crippen molar-refractivity contribution in [3.8, 4) is 11.7 Å². The molecular weight excluding hydrogens is 302 g/mol. The van der Waals surface area contributed by atoms with Crippen LogP contribution in [0.5, 0.6) is 11.7 Å². The van der Waals surface area contributed by atoms with E-state index < -0.39 is 17.4 Å². The van der Waals surface area contributed by atoms with Gasteiger partial charge in [0.2, 0.25) is 0 Å². The van der Waals surface area contributed by atoms with Crippen molar-refractivity contribution in [3.63, 3.8) is 0 Å². The Morgan fingerprint density at radius 1 is 1.17 bits per heavy atom. The van der Waals surface area contributed by atoms with Gasteiger partial charge in [0.15, 0.2) is 11.3 Å². The predicted molar refractivity (Wildman–Crippen MR) is 78.5 cm³/mol. The Balaban J connectivity index is 1.70. The molecule has 2 heterocycles. The van der Waals surface area contributed by atoms with Gasteiger partial charge >= 0.3 is 5.97 Å². The van der Waals surface area contributed by atoms with Crippen LogP contribution >= 0.6 is 0 Å². The molecule has 0 aliphatic carbocycles. The highest BCUT2D eigenvalue weighted by Crippen LogP contribution is 2.25. The Hall–Kier alpha value is -2.80. The zero-order chi connectivity index (χ0) is 16.3. The lowest BCUT2D eigenvalue weighted by atomic mass is 9.99. The minimum Gasteiger partial charge on any atom is -0.479 e. The smallest absolute Gasteiger partial charge is 0.331 e. The molecule has 120 valence electrons. The molecule has 1 saturated heterocycles. The first-order chi connectivity index (χ1) is 11.1. The third-order valence-corrected chi connectivity index (χ3v) is 3.55. The number of carboxylic acids is 1. The first-order valence-corrected chi connectivity index (χ1v) is 7.05. The van der Waals surface area contributed by atoms with Crippen molar-refractivity contribution in [1.29, 1.82) is 0 Å². The largest absolute Gasteiger partial charge is 0.479 e. The second kappa shape index (κ2) is 6.13.